The molecule has 1 amide bonds. The van der Waals surface area contributed by atoms with E-state index in [1.165, 1.54) is 16.4 Å². The number of benzene rings is 3. The maximum Gasteiger partial charge on any atom is 0.243 e. The molecule has 1 saturated heterocycles. The van der Waals surface area contributed by atoms with Crippen molar-refractivity contribution in [3.63, 3.8) is 0 Å². The number of nitrogens with zero attached hydrogens (tertiary/aromatic N) is 1. The summed E-state index contributed by atoms with van der Waals surface area (Å²) in [7, 11) is -3.68. The van der Waals surface area contributed by atoms with Gasteiger partial charge in [-0.15, -0.1) is 0 Å². The summed E-state index contributed by atoms with van der Waals surface area (Å²) in [5.41, 5.74) is 2.89. The maximum absolute atomic E-state index is 13.1. The van der Waals surface area contributed by atoms with Crippen molar-refractivity contribution in [1.82, 2.24) is 4.31 Å². The Balaban J connectivity index is 1.34. The van der Waals surface area contributed by atoms with Gasteiger partial charge in [-0.05, 0) is 60.4 Å². The lowest BCUT2D eigenvalue weighted by molar-refractivity contribution is -0.120. The molecule has 7 heteroatoms. The van der Waals surface area contributed by atoms with Crippen LogP contribution < -0.4 is 5.32 Å². The van der Waals surface area contributed by atoms with Crippen LogP contribution in [0.15, 0.2) is 83.8 Å². The minimum atomic E-state index is -3.68. The molecular weight excluding hydrogens is 415 g/mol. The van der Waals surface area contributed by atoms with E-state index >= 15 is 0 Å². The molecule has 1 heterocycles. The lowest BCUT2D eigenvalue weighted by atomic mass is 9.97. The van der Waals surface area contributed by atoms with Crippen LogP contribution >= 0.6 is 0 Å². The normalized spacial score (nSPS) is 15.5. The Bertz CT molecular complexity index is 1140. The molecule has 5 nitrogen and oxygen atoms in total. The van der Waals surface area contributed by atoms with Crippen LogP contribution in [0.5, 0.6) is 0 Å². The molecule has 0 spiro atoms. The average Bonchev–Trinajstić information content (AvgIpc) is 2.80. The quantitative estimate of drug-likeness (QED) is 0.636. The summed E-state index contributed by atoms with van der Waals surface area (Å²) < 4.78 is 39.9. The van der Waals surface area contributed by atoms with Crippen LogP contribution in [0.25, 0.3) is 11.1 Å². The first-order valence-corrected chi connectivity index (χ1v) is 11.6. The molecule has 0 aliphatic carbocycles. The van der Waals surface area contributed by atoms with Crippen molar-refractivity contribution >= 4 is 21.6 Å². The third-order valence-corrected chi connectivity index (χ3v) is 7.45. The molecule has 0 bridgehead atoms. The number of piperidine rings is 1. The van der Waals surface area contributed by atoms with E-state index < -0.39 is 15.8 Å². The minimum Gasteiger partial charge on any atom is -0.326 e. The Hall–Kier alpha value is -3.03. The number of halogens is 1. The molecule has 1 fully saturated rings. The number of rotatable bonds is 5. The van der Waals surface area contributed by atoms with Gasteiger partial charge in [0.25, 0.3) is 0 Å². The van der Waals surface area contributed by atoms with Gasteiger partial charge in [0.1, 0.15) is 5.82 Å². The SMILES string of the molecule is O=C(Nc1ccc(-c2ccccc2)cc1)C1CCN(S(=O)(=O)c2ccc(F)cc2)CC1. The second kappa shape index (κ2) is 8.99. The van der Waals surface area contributed by atoms with E-state index in [0.29, 0.717) is 18.5 Å². The zero-order chi connectivity index (χ0) is 21.8. The van der Waals surface area contributed by atoms with Gasteiger partial charge in [0, 0.05) is 24.7 Å². The lowest BCUT2D eigenvalue weighted by Crippen LogP contribution is -2.41. The maximum atomic E-state index is 13.1. The second-order valence-corrected chi connectivity index (χ2v) is 9.50. The highest BCUT2D eigenvalue weighted by atomic mass is 32.2. The molecule has 0 radical (unpaired) electrons. The van der Waals surface area contributed by atoms with E-state index in [2.05, 4.69) is 5.32 Å². The van der Waals surface area contributed by atoms with Crippen LogP contribution in [0.3, 0.4) is 0 Å². The largest absolute Gasteiger partial charge is 0.326 e. The topological polar surface area (TPSA) is 66.5 Å². The van der Waals surface area contributed by atoms with Crippen LogP contribution in [0.2, 0.25) is 0 Å². The van der Waals surface area contributed by atoms with Crippen LogP contribution in [0.4, 0.5) is 10.1 Å². The molecule has 4 rings (SSSR count). The van der Waals surface area contributed by atoms with E-state index in [-0.39, 0.29) is 29.8 Å². The van der Waals surface area contributed by atoms with Gasteiger partial charge in [-0.25, -0.2) is 12.8 Å². The number of carbonyl (C=O) groups excluding carboxylic acids is 1. The van der Waals surface area contributed by atoms with Crippen LogP contribution in [0.1, 0.15) is 12.8 Å². The van der Waals surface area contributed by atoms with Gasteiger partial charge in [0.15, 0.2) is 0 Å². The number of carbonyl (C=O) groups is 1. The summed E-state index contributed by atoms with van der Waals surface area (Å²) in [5, 5.41) is 2.93. The highest BCUT2D eigenvalue weighted by molar-refractivity contribution is 7.89. The third-order valence-electron chi connectivity index (χ3n) is 5.54. The summed E-state index contributed by atoms with van der Waals surface area (Å²) in [6.45, 7) is 0.509. The molecule has 3 aromatic rings. The number of sulfonamides is 1. The Labute approximate surface area is 181 Å². The van der Waals surface area contributed by atoms with Crippen molar-refractivity contribution in [2.75, 3.05) is 18.4 Å². The van der Waals surface area contributed by atoms with E-state index in [1.54, 1.807) is 0 Å². The summed E-state index contributed by atoms with van der Waals surface area (Å²) in [6, 6.07) is 22.4. The van der Waals surface area contributed by atoms with Crippen molar-refractivity contribution in [2.24, 2.45) is 5.92 Å². The molecule has 0 unspecified atom stereocenters. The first kappa shape index (κ1) is 21.2. The summed E-state index contributed by atoms with van der Waals surface area (Å²) >= 11 is 0. The molecule has 1 aliphatic rings. The predicted octanol–water partition coefficient (Wildman–Crippen LogP) is 4.53. The number of anilines is 1. The fourth-order valence-electron chi connectivity index (χ4n) is 3.73. The smallest absolute Gasteiger partial charge is 0.243 e. The molecule has 0 saturated carbocycles. The molecule has 31 heavy (non-hydrogen) atoms. The Kier molecular flexibility index (Phi) is 6.15. The molecule has 3 aromatic carbocycles. The second-order valence-electron chi connectivity index (χ2n) is 7.56. The van der Waals surface area contributed by atoms with Gasteiger partial charge in [-0.2, -0.15) is 4.31 Å². The van der Waals surface area contributed by atoms with Crippen molar-refractivity contribution in [1.29, 1.82) is 0 Å². The molecule has 1 aliphatic heterocycles. The average molecular weight is 439 g/mol. The minimum absolute atomic E-state index is 0.0651. The Morgan fingerprint density at radius 3 is 2.03 bits per heavy atom. The number of nitrogens with one attached hydrogen (secondary N) is 1. The zero-order valence-electron chi connectivity index (χ0n) is 16.9. The highest BCUT2D eigenvalue weighted by Crippen LogP contribution is 2.26. The van der Waals surface area contributed by atoms with Gasteiger partial charge >= 0.3 is 0 Å². The molecular formula is C24H23FN2O3S. The lowest BCUT2D eigenvalue weighted by Gasteiger charge is -2.30. The monoisotopic (exact) mass is 438 g/mol. The fourth-order valence-corrected chi connectivity index (χ4v) is 5.20. The predicted molar refractivity (Wildman–Crippen MR) is 118 cm³/mol. The van der Waals surface area contributed by atoms with Crippen LogP contribution in [0, 0.1) is 11.7 Å². The van der Waals surface area contributed by atoms with Gasteiger partial charge in [-0.3, -0.25) is 4.79 Å². The Morgan fingerprint density at radius 1 is 0.839 bits per heavy atom. The van der Waals surface area contributed by atoms with E-state index in [4.69, 9.17) is 0 Å². The third kappa shape index (κ3) is 4.84. The molecule has 0 atom stereocenters. The zero-order valence-corrected chi connectivity index (χ0v) is 17.7. The number of hydrogen-bond acceptors (Lipinski definition) is 3. The van der Waals surface area contributed by atoms with E-state index in [9.17, 15) is 17.6 Å². The first-order valence-electron chi connectivity index (χ1n) is 10.2. The van der Waals surface area contributed by atoms with E-state index in [0.717, 1.165) is 23.3 Å². The summed E-state index contributed by atoms with van der Waals surface area (Å²) in [6.07, 6.45) is 0.878. The Morgan fingerprint density at radius 2 is 1.42 bits per heavy atom. The van der Waals surface area contributed by atoms with Crippen LogP contribution in [-0.4, -0.2) is 31.7 Å². The standard InChI is InChI=1S/C24H23FN2O3S/c25-21-8-12-23(13-9-21)31(29,30)27-16-14-20(15-17-27)24(28)26-22-10-6-19(7-11-22)18-4-2-1-3-5-18/h1-13,20H,14-17H2,(H,26,28). The summed E-state index contributed by atoms with van der Waals surface area (Å²) in [5.74, 6) is -0.842. The van der Waals surface area contributed by atoms with Gasteiger partial charge in [0.2, 0.25) is 15.9 Å². The van der Waals surface area contributed by atoms with Crippen molar-refractivity contribution < 1.29 is 17.6 Å². The van der Waals surface area contributed by atoms with Gasteiger partial charge in [0.05, 0.1) is 4.90 Å². The molecule has 1 N–H and O–H groups in total. The molecule has 160 valence electrons. The van der Waals surface area contributed by atoms with Crippen molar-refractivity contribution in [3.8, 4) is 11.1 Å². The number of hydrogen-bond donors (Lipinski definition) is 1. The first-order chi connectivity index (χ1) is 14.9. The summed E-state index contributed by atoms with van der Waals surface area (Å²) in [4.78, 5) is 12.7. The fraction of sp³-hybridized carbons (Fsp3) is 0.208. The van der Waals surface area contributed by atoms with E-state index in [1.807, 2.05) is 54.6 Å². The van der Waals surface area contributed by atoms with Crippen molar-refractivity contribution in [2.45, 2.75) is 17.7 Å². The molecule has 0 aromatic heterocycles. The van der Waals surface area contributed by atoms with Gasteiger partial charge < -0.3 is 5.32 Å². The van der Waals surface area contributed by atoms with Gasteiger partial charge in [-0.1, -0.05) is 42.5 Å². The number of amides is 1. The highest BCUT2D eigenvalue weighted by Gasteiger charge is 2.32. The van der Waals surface area contributed by atoms with Crippen LogP contribution in [-0.2, 0) is 14.8 Å². The van der Waals surface area contributed by atoms with Crippen molar-refractivity contribution in [3.05, 3.63) is 84.7 Å².